The molecule has 0 bridgehead atoms. The van der Waals surface area contributed by atoms with Gasteiger partial charge in [-0.2, -0.15) is 0 Å². The highest BCUT2D eigenvalue weighted by molar-refractivity contribution is 6.35. The molecule has 2 nitrogen and oxygen atoms in total. The summed E-state index contributed by atoms with van der Waals surface area (Å²) in [4.78, 5) is 4.33. The predicted octanol–water partition coefficient (Wildman–Crippen LogP) is 2.84. The number of hydrogen-bond acceptors (Lipinski definition) is 1. The Bertz CT molecular complexity index is 517. The third kappa shape index (κ3) is 1.22. The van der Waals surface area contributed by atoms with E-state index in [4.69, 9.17) is 13.0 Å². The normalized spacial score (nSPS) is 12.2. The minimum atomic E-state index is 0.372. The van der Waals surface area contributed by atoms with Crippen molar-refractivity contribution in [2.24, 2.45) is 7.05 Å². The molecule has 3 heteroatoms. The van der Waals surface area contributed by atoms with E-state index in [0.29, 0.717) is 11.1 Å². The fourth-order valence-electron chi connectivity index (χ4n) is 1.43. The highest BCUT2D eigenvalue weighted by Crippen LogP contribution is 2.24. The Morgan fingerprint density at radius 2 is 2.23 bits per heavy atom. The first-order chi connectivity index (χ1) is 6.52. The van der Waals surface area contributed by atoms with Crippen LogP contribution in [-0.2, 0) is 7.05 Å². The summed E-state index contributed by atoms with van der Waals surface area (Å²) in [6, 6.07) is 2.32. The molecule has 0 unspecified atom stereocenters. The van der Waals surface area contributed by atoms with E-state index in [1.807, 2.05) is 31.5 Å². The first-order valence-corrected chi connectivity index (χ1v) is 4.49. The van der Waals surface area contributed by atoms with Crippen LogP contribution in [0.1, 0.15) is 12.8 Å². The average molecular weight is 196 g/mol. The zero-order chi connectivity index (χ0) is 10.5. The van der Waals surface area contributed by atoms with Gasteiger partial charge in [-0.25, -0.2) is 4.98 Å². The van der Waals surface area contributed by atoms with Crippen LogP contribution in [0.4, 0.5) is 0 Å². The number of aryl methyl sites for hydroxylation is 3. The largest absolute Gasteiger partial charge is 0.331 e. The summed E-state index contributed by atoms with van der Waals surface area (Å²) in [6.45, 7) is 3.81. The van der Waals surface area contributed by atoms with Crippen molar-refractivity contribution < 1.29 is 1.37 Å². The van der Waals surface area contributed by atoms with E-state index >= 15 is 0 Å². The molecule has 0 radical (unpaired) electrons. The molecule has 0 N–H and O–H groups in total. The number of hydrogen-bond donors (Lipinski definition) is 0. The van der Waals surface area contributed by atoms with Gasteiger partial charge in [0.2, 0.25) is 0 Å². The molecule has 13 heavy (non-hydrogen) atoms. The fraction of sp³-hybridized carbons (Fsp3) is 0.300. The van der Waals surface area contributed by atoms with E-state index in [1.165, 1.54) is 0 Å². The molecule has 1 heterocycles. The maximum Gasteiger partial charge on any atom is 0.107 e. The van der Waals surface area contributed by atoms with E-state index in [1.54, 1.807) is 0 Å². The minimum Gasteiger partial charge on any atom is -0.331 e. The molecule has 0 spiro atoms. The Morgan fingerprint density at radius 3 is 2.92 bits per heavy atom. The predicted molar refractivity (Wildman–Crippen MR) is 55.2 cm³/mol. The van der Waals surface area contributed by atoms with E-state index < -0.39 is 0 Å². The van der Waals surface area contributed by atoms with Crippen molar-refractivity contribution in [1.82, 2.24) is 9.55 Å². The van der Waals surface area contributed by atoms with Gasteiger partial charge in [0.1, 0.15) is 11.3 Å². The molecular formula is C10H11ClN2. The zero-order valence-corrected chi connectivity index (χ0v) is 8.61. The van der Waals surface area contributed by atoms with Crippen molar-refractivity contribution in [1.29, 1.82) is 0 Å². The van der Waals surface area contributed by atoms with Crippen LogP contribution in [0.2, 0.25) is 5.02 Å². The molecule has 1 aromatic carbocycles. The zero-order valence-electron chi connectivity index (χ0n) is 8.85. The number of rotatable bonds is 0. The van der Waals surface area contributed by atoms with Crippen molar-refractivity contribution in [3.63, 3.8) is 0 Å². The Kier molecular flexibility index (Phi) is 1.56. The first kappa shape index (κ1) is 7.39. The van der Waals surface area contributed by atoms with Crippen LogP contribution in [0, 0.1) is 13.8 Å². The molecule has 0 saturated carbocycles. The van der Waals surface area contributed by atoms with Crippen LogP contribution < -0.4 is 0 Å². The maximum atomic E-state index is 7.72. The smallest absolute Gasteiger partial charge is 0.107 e. The summed E-state index contributed by atoms with van der Waals surface area (Å²) in [6.07, 6.45) is 0. The number of fused-ring (bicyclic) bond motifs is 1. The summed E-state index contributed by atoms with van der Waals surface area (Å²) in [5, 5.41) is 0.448. The summed E-state index contributed by atoms with van der Waals surface area (Å²) in [5.41, 5.74) is 2.59. The topological polar surface area (TPSA) is 17.8 Å². The summed E-state index contributed by atoms with van der Waals surface area (Å²) in [7, 11) is 1.95. The van der Waals surface area contributed by atoms with Gasteiger partial charge in [-0.1, -0.05) is 11.6 Å². The molecule has 1 aromatic heterocycles. The van der Waals surface area contributed by atoms with Crippen molar-refractivity contribution in [2.75, 3.05) is 0 Å². The quantitative estimate of drug-likeness (QED) is 0.632. The van der Waals surface area contributed by atoms with Crippen molar-refractivity contribution in [3.8, 4) is 0 Å². The van der Waals surface area contributed by atoms with E-state index in [0.717, 1.165) is 22.4 Å². The molecule has 0 aliphatic carbocycles. The molecule has 2 rings (SSSR count). The summed E-state index contributed by atoms with van der Waals surface area (Å²) < 4.78 is 9.70. The second-order valence-electron chi connectivity index (χ2n) is 3.22. The van der Waals surface area contributed by atoms with Gasteiger partial charge >= 0.3 is 0 Å². The van der Waals surface area contributed by atoms with Gasteiger partial charge in [0, 0.05) is 7.05 Å². The number of benzene rings is 1. The van der Waals surface area contributed by atoms with Crippen molar-refractivity contribution >= 4 is 22.6 Å². The Hall–Kier alpha value is -1.02. The molecule has 0 atom stereocenters. The number of nitrogens with zero attached hydrogens (tertiary/aromatic N) is 2. The van der Waals surface area contributed by atoms with Gasteiger partial charge in [-0.3, -0.25) is 0 Å². The maximum absolute atomic E-state index is 7.72. The molecule has 0 aliphatic rings. The van der Waals surface area contributed by atoms with Gasteiger partial charge in [0.25, 0.3) is 0 Å². The van der Waals surface area contributed by atoms with Gasteiger partial charge in [0.05, 0.1) is 11.9 Å². The van der Waals surface area contributed by atoms with Crippen LogP contribution in [0.3, 0.4) is 0 Å². The fourth-order valence-corrected chi connectivity index (χ4v) is 1.72. The van der Waals surface area contributed by atoms with Crippen molar-refractivity contribution in [3.05, 3.63) is 28.5 Å². The summed E-state index contributed by atoms with van der Waals surface area (Å²) in [5.74, 6) is 0.909. The van der Waals surface area contributed by atoms with Gasteiger partial charge in [-0.05, 0) is 31.5 Å². The molecule has 2 aromatic rings. The second-order valence-corrected chi connectivity index (χ2v) is 3.60. The van der Waals surface area contributed by atoms with E-state index in [-0.39, 0.29) is 0 Å². The lowest BCUT2D eigenvalue weighted by Gasteiger charge is -1.98. The first-order valence-electron chi connectivity index (χ1n) is 4.61. The lowest BCUT2D eigenvalue weighted by molar-refractivity contribution is 0.885. The highest BCUT2D eigenvalue weighted by Gasteiger charge is 2.07. The van der Waals surface area contributed by atoms with Gasteiger partial charge in [-0.15, -0.1) is 0 Å². The Morgan fingerprint density at radius 1 is 1.54 bits per heavy atom. The molecule has 0 fully saturated rings. The molecule has 0 aliphatic heterocycles. The molecule has 0 saturated heterocycles. The third-order valence-electron chi connectivity index (χ3n) is 2.23. The number of aromatic nitrogens is 2. The highest BCUT2D eigenvalue weighted by atomic mass is 35.5. The van der Waals surface area contributed by atoms with Crippen molar-refractivity contribution in [2.45, 2.75) is 13.8 Å². The standard InChI is InChI=1S/C10H11ClN2/c1-6-4-8(11)10-9(5-6)13(3)7(2)12-10/h4-5H,1-3H3/i4D. The second kappa shape index (κ2) is 2.74. The Balaban J connectivity index is 2.98. The van der Waals surface area contributed by atoms with Crippen LogP contribution in [-0.4, -0.2) is 9.55 Å². The van der Waals surface area contributed by atoms with Crippen LogP contribution in [0.5, 0.6) is 0 Å². The third-order valence-corrected chi connectivity index (χ3v) is 2.50. The lowest BCUT2D eigenvalue weighted by atomic mass is 10.2. The van der Waals surface area contributed by atoms with E-state index in [2.05, 4.69) is 4.98 Å². The minimum absolute atomic E-state index is 0.372. The van der Waals surface area contributed by atoms with Gasteiger partial charge < -0.3 is 4.57 Å². The lowest BCUT2D eigenvalue weighted by Crippen LogP contribution is -1.90. The number of imidazole rings is 1. The van der Waals surface area contributed by atoms with Crippen LogP contribution >= 0.6 is 11.6 Å². The van der Waals surface area contributed by atoms with Crippen LogP contribution in [0.25, 0.3) is 11.0 Å². The Labute approximate surface area is 83.6 Å². The monoisotopic (exact) mass is 195 g/mol. The summed E-state index contributed by atoms with van der Waals surface area (Å²) >= 11 is 6.05. The molecule has 0 amide bonds. The average Bonchev–Trinajstić information content (AvgIpc) is 2.42. The van der Waals surface area contributed by atoms with Crippen LogP contribution in [0.15, 0.2) is 12.1 Å². The SMILES string of the molecule is [2H]c1c(C)cc2c(nc(C)n2C)c1Cl. The van der Waals surface area contributed by atoms with Gasteiger partial charge in [0.15, 0.2) is 0 Å². The number of halogens is 1. The molecular weight excluding hydrogens is 184 g/mol. The van der Waals surface area contributed by atoms with E-state index in [9.17, 15) is 0 Å². The molecule has 68 valence electrons.